The highest BCUT2D eigenvalue weighted by atomic mass is 16.6. The van der Waals surface area contributed by atoms with Gasteiger partial charge in [-0.05, 0) is 11.8 Å². The SMILES string of the molecule is CC1CN1CC(O)Cn1ccnc1[N+](=O)[O-]. The number of aromatic nitrogens is 2. The van der Waals surface area contributed by atoms with Crippen molar-refractivity contribution in [3.05, 3.63) is 22.5 Å². The summed E-state index contributed by atoms with van der Waals surface area (Å²) in [6.07, 6.45) is 2.27. The van der Waals surface area contributed by atoms with Gasteiger partial charge < -0.3 is 15.2 Å². The number of nitrogens with zero attached hydrogens (tertiary/aromatic N) is 4. The third-order valence-corrected chi connectivity index (χ3v) is 2.70. The van der Waals surface area contributed by atoms with Gasteiger partial charge in [0.05, 0.1) is 12.6 Å². The van der Waals surface area contributed by atoms with Crippen molar-refractivity contribution in [1.82, 2.24) is 14.5 Å². The topological polar surface area (TPSA) is 84.2 Å². The first-order valence-electron chi connectivity index (χ1n) is 5.15. The standard InChI is InChI=1S/C9H14N4O3/c1-7-4-12(7)6-8(14)5-11-3-2-10-9(11)13(15)16/h2-3,7-8,14H,4-6H2,1H3. The molecular formula is C9H14N4O3. The van der Waals surface area contributed by atoms with Gasteiger partial charge >= 0.3 is 5.95 Å². The fraction of sp³-hybridized carbons (Fsp3) is 0.667. The number of aliphatic hydroxyl groups is 1. The molecule has 3 atom stereocenters. The average Bonchev–Trinajstić information content (AvgIpc) is 2.72. The normalized spacial score (nSPS) is 25.4. The third-order valence-electron chi connectivity index (χ3n) is 2.70. The summed E-state index contributed by atoms with van der Waals surface area (Å²) in [6.45, 7) is 3.82. The summed E-state index contributed by atoms with van der Waals surface area (Å²) in [4.78, 5) is 15.8. The lowest BCUT2D eigenvalue weighted by Gasteiger charge is -2.10. The monoisotopic (exact) mass is 226 g/mol. The molecule has 7 heteroatoms. The molecule has 1 N–H and O–H groups in total. The highest BCUT2D eigenvalue weighted by Crippen LogP contribution is 2.17. The molecule has 0 amide bonds. The van der Waals surface area contributed by atoms with Crippen LogP contribution in [0.3, 0.4) is 0 Å². The van der Waals surface area contributed by atoms with E-state index < -0.39 is 11.0 Å². The van der Waals surface area contributed by atoms with Gasteiger partial charge in [0, 0.05) is 19.1 Å². The quantitative estimate of drug-likeness (QED) is 0.429. The second-order valence-electron chi connectivity index (χ2n) is 4.09. The molecule has 1 saturated heterocycles. The van der Waals surface area contributed by atoms with Crippen molar-refractivity contribution < 1.29 is 10.0 Å². The Morgan fingerprint density at radius 3 is 3.00 bits per heavy atom. The number of hydrogen-bond donors (Lipinski definition) is 1. The summed E-state index contributed by atoms with van der Waals surface area (Å²) >= 11 is 0. The molecular weight excluding hydrogens is 212 g/mol. The van der Waals surface area contributed by atoms with Crippen molar-refractivity contribution in [3.63, 3.8) is 0 Å². The van der Waals surface area contributed by atoms with Crippen LogP contribution in [0.15, 0.2) is 12.4 Å². The van der Waals surface area contributed by atoms with Gasteiger partial charge in [0.25, 0.3) is 0 Å². The molecule has 2 heterocycles. The zero-order valence-corrected chi connectivity index (χ0v) is 8.98. The molecule has 0 aromatic carbocycles. The maximum Gasteiger partial charge on any atom is 0.434 e. The molecule has 1 aromatic rings. The summed E-state index contributed by atoms with van der Waals surface area (Å²) in [5.41, 5.74) is 0. The lowest BCUT2D eigenvalue weighted by Crippen LogP contribution is -2.25. The molecule has 0 spiro atoms. The second kappa shape index (κ2) is 4.18. The van der Waals surface area contributed by atoms with Gasteiger partial charge in [0.15, 0.2) is 0 Å². The minimum atomic E-state index is -0.599. The van der Waals surface area contributed by atoms with Crippen molar-refractivity contribution >= 4 is 5.95 Å². The summed E-state index contributed by atoms with van der Waals surface area (Å²) < 4.78 is 1.36. The van der Waals surface area contributed by atoms with Crippen LogP contribution in [0, 0.1) is 10.1 Å². The zero-order chi connectivity index (χ0) is 11.7. The molecule has 1 fully saturated rings. The molecule has 1 aliphatic heterocycles. The van der Waals surface area contributed by atoms with Crippen LogP contribution in [0.25, 0.3) is 0 Å². The fourth-order valence-electron chi connectivity index (χ4n) is 1.72. The minimum absolute atomic E-state index is 0.208. The van der Waals surface area contributed by atoms with Crippen molar-refractivity contribution in [1.29, 1.82) is 0 Å². The lowest BCUT2D eigenvalue weighted by molar-refractivity contribution is -0.397. The van der Waals surface area contributed by atoms with Crippen molar-refractivity contribution in [2.75, 3.05) is 13.1 Å². The van der Waals surface area contributed by atoms with Crippen LogP contribution < -0.4 is 0 Å². The second-order valence-corrected chi connectivity index (χ2v) is 4.09. The Bertz CT molecular complexity index is 392. The van der Waals surface area contributed by atoms with E-state index in [4.69, 9.17) is 0 Å². The third kappa shape index (κ3) is 2.37. The Morgan fingerprint density at radius 2 is 2.44 bits per heavy atom. The van der Waals surface area contributed by atoms with Gasteiger partial charge in [-0.1, -0.05) is 4.98 Å². The number of rotatable bonds is 5. The lowest BCUT2D eigenvalue weighted by atomic mass is 10.3. The van der Waals surface area contributed by atoms with Gasteiger partial charge in [-0.3, -0.25) is 4.90 Å². The molecule has 1 aliphatic rings. The maximum atomic E-state index is 10.6. The Labute approximate surface area is 92.5 Å². The molecule has 7 nitrogen and oxygen atoms in total. The smallest absolute Gasteiger partial charge is 0.390 e. The van der Waals surface area contributed by atoms with Crippen molar-refractivity contribution in [3.8, 4) is 0 Å². The molecule has 3 unspecified atom stereocenters. The van der Waals surface area contributed by atoms with E-state index in [9.17, 15) is 15.2 Å². The highest BCUT2D eigenvalue weighted by Gasteiger charge is 2.31. The van der Waals surface area contributed by atoms with E-state index in [1.54, 1.807) is 0 Å². The van der Waals surface area contributed by atoms with Crippen LogP contribution in [-0.2, 0) is 6.54 Å². The van der Waals surface area contributed by atoms with E-state index in [0.717, 1.165) is 6.54 Å². The molecule has 2 rings (SSSR count). The van der Waals surface area contributed by atoms with E-state index in [2.05, 4.69) is 16.8 Å². The van der Waals surface area contributed by atoms with Crippen molar-refractivity contribution in [2.45, 2.75) is 25.6 Å². The largest absolute Gasteiger partial charge is 0.434 e. The van der Waals surface area contributed by atoms with E-state index >= 15 is 0 Å². The molecule has 0 radical (unpaired) electrons. The minimum Gasteiger partial charge on any atom is -0.390 e. The average molecular weight is 226 g/mol. The number of hydrogen-bond acceptors (Lipinski definition) is 5. The van der Waals surface area contributed by atoms with E-state index in [1.807, 2.05) is 0 Å². The van der Waals surface area contributed by atoms with E-state index in [0.29, 0.717) is 12.6 Å². The van der Waals surface area contributed by atoms with Crippen molar-refractivity contribution in [2.24, 2.45) is 0 Å². The van der Waals surface area contributed by atoms with Gasteiger partial charge in [-0.25, -0.2) is 4.57 Å². The highest BCUT2D eigenvalue weighted by molar-refractivity contribution is 5.06. The Kier molecular flexibility index (Phi) is 2.88. The zero-order valence-electron chi connectivity index (χ0n) is 8.98. The number of β-amino-alcohol motifs (C(OH)–C–C–N with tert-alkyl or cyclic N) is 1. The molecule has 0 saturated carbocycles. The summed E-state index contributed by atoms with van der Waals surface area (Å²) in [6, 6.07) is 0.521. The first-order valence-corrected chi connectivity index (χ1v) is 5.15. The summed E-state index contributed by atoms with van der Waals surface area (Å²) in [5.74, 6) is -0.224. The van der Waals surface area contributed by atoms with Crippen LogP contribution >= 0.6 is 0 Å². The predicted molar refractivity (Wildman–Crippen MR) is 55.9 cm³/mol. The van der Waals surface area contributed by atoms with Crippen LogP contribution in [0.5, 0.6) is 0 Å². The van der Waals surface area contributed by atoms with Crippen LogP contribution in [0.2, 0.25) is 0 Å². The summed E-state index contributed by atoms with van der Waals surface area (Å²) in [7, 11) is 0. The molecule has 88 valence electrons. The van der Waals surface area contributed by atoms with Crippen LogP contribution in [0.4, 0.5) is 5.95 Å². The number of nitro groups is 1. The van der Waals surface area contributed by atoms with Gasteiger partial charge in [0.2, 0.25) is 0 Å². The maximum absolute atomic E-state index is 10.6. The fourth-order valence-corrected chi connectivity index (χ4v) is 1.72. The first kappa shape index (κ1) is 11.0. The van der Waals surface area contributed by atoms with E-state index in [-0.39, 0.29) is 12.5 Å². The van der Waals surface area contributed by atoms with Gasteiger partial charge in [0.1, 0.15) is 12.4 Å². The molecule has 0 bridgehead atoms. The molecule has 0 aliphatic carbocycles. The van der Waals surface area contributed by atoms with Crippen LogP contribution in [0.1, 0.15) is 6.92 Å². The Morgan fingerprint density at radius 1 is 1.75 bits per heavy atom. The number of imidazole rings is 1. The summed E-state index contributed by atoms with van der Waals surface area (Å²) in [5, 5.41) is 20.3. The number of aliphatic hydroxyl groups excluding tert-OH is 1. The Balaban J connectivity index is 1.92. The molecule has 16 heavy (non-hydrogen) atoms. The van der Waals surface area contributed by atoms with Crippen LogP contribution in [-0.4, -0.2) is 49.7 Å². The molecule has 1 aromatic heterocycles. The van der Waals surface area contributed by atoms with Gasteiger partial charge in [-0.15, -0.1) is 0 Å². The van der Waals surface area contributed by atoms with E-state index in [1.165, 1.54) is 17.0 Å². The Hall–Kier alpha value is -1.47. The first-order chi connectivity index (χ1) is 7.58. The predicted octanol–water partition coefficient (Wildman–Crippen LogP) is -0.144. The van der Waals surface area contributed by atoms with Gasteiger partial charge in [-0.2, -0.15) is 0 Å².